The number of hydrogen-bond acceptors (Lipinski definition) is 7. The monoisotopic (exact) mass is 549 g/mol. The van der Waals surface area contributed by atoms with Crippen LogP contribution in [0.5, 0.6) is 5.75 Å². The first-order valence-electron chi connectivity index (χ1n) is 12.6. The first-order chi connectivity index (χ1) is 18.5. The number of anilines is 2. The SMILES string of the molecule is COc1cccc(N2CCN(C(=O)CC(=O)N3CCC(Nc4ccc([N+](=O)[O-])c(C(F)(F)F)c4)CC3)CC2)c1. The van der Waals surface area contributed by atoms with Crippen molar-refractivity contribution in [3.05, 3.63) is 58.1 Å². The molecule has 2 saturated heterocycles. The second-order valence-electron chi connectivity index (χ2n) is 9.53. The van der Waals surface area contributed by atoms with E-state index in [9.17, 15) is 32.9 Å². The van der Waals surface area contributed by atoms with E-state index in [0.29, 0.717) is 52.1 Å². The molecular weight excluding hydrogens is 519 g/mol. The number of piperazine rings is 1. The average molecular weight is 550 g/mol. The van der Waals surface area contributed by atoms with Gasteiger partial charge in [-0.1, -0.05) is 6.07 Å². The predicted octanol–water partition coefficient (Wildman–Crippen LogP) is 3.76. The molecule has 0 bridgehead atoms. The number of carbonyl (C=O) groups is 2. The van der Waals surface area contributed by atoms with Gasteiger partial charge in [0.2, 0.25) is 11.8 Å². The summed E-state index contributed by atoms with van der Waals surface area (Å²) in [6.07, 6.45) is -4.15. The number of piperidine rings is 1. The lowest BCUT2D eigenvalue weighted by Crippen LogP contribution is -2.50. The molecule has 2 aromatic rings. The Bertz CT molecular complexity index is 1210. The molecule has 0 saturated carbocycles. The van der Waals surface area contributed by atoms with Crippen molar-refractivity contribution in [2.45, 2.75) is 31.5 Å². The molecule has 0 spiro atoms. The van der Waals surface area contributed by atoms with Crippen molar-refractivity contribution in [1.82, 2.24) is 9.80 Å². The standard InChI is InChI=1S/C26H30F3N5O5/c1-39-21-4-2-3-20(16-21)31-11-13-33(14-12-31)25(36)17-24(35)32-9-7-18(8-10-32)30-19-5-6-23(34(37)38)22(15-19)26(27,28)29/h2-6,15-16,18,30H,7-14,17H2,1H3. The molecule has 0 atom stereocenters. The summed E-state index contributed by atoms with van der Waals surface area (Å²) in [6.45, 7) is 3.00. The average Bonchev–Trinajstić information content (AvgIpc) is 2.93. The van der Waals surface area contributed by atoms with E-state index in [-0.39, 0.29) is 30.0 Å². The molecule has 0 unspecified atom stereocenters. The highest BCUT2D eigenvalue weighted by Crippen LogP contribution is 2.38. The van der Waals surface area contributed by atoms with Crippen LogP contribution in [0.25, 0.3) is 0 Å². The van der Waals surface area contributed by atoms with Gasteiger partial charge in [0, 0.05) is 68.8 Å². The summed E-state index contributed by atoms with van der Waals surface area (Å²) >= 11 is 0. The van der Waals surface area contributed by atoms with Crippen molar-refractivity contribution in [3.63, 3.8) is 0 Å². The van der Waals surface area contributed by atoms with Crippen LogP contribution in [-0.4, -0.2) is 79.0 Å². The Morgan fingerprint density at radius 1 is 1.00 bits per heavy atom. The fourth-order valence-corrected chi connectivity index (χ4v) is 4.90. The Labute approximate surface area is 223 Å². The molecule has 2 aromatic carbocycles. The molecule has 10 nitrogen and oxygen atoms in total. The molecule has 2 amide bonds. The van der Waals surface area contributed by atoms with Gasteiger partial charge in [0.25, 0.3) is 5.69 Å². The molecule has 2 heterocycles. The Morgan fingerprint density at radius 3 is 2.23 bits per heavy atom. The van der Waals surface area contributed by atoms with Crippen molar-refractivity contribution in [2.24, 2.45) is 0 Å². The van der Waals surface area contributed by atoms with Gasteiger partial charge in [-0.15, -0.1) is 0 Å². The highest BCUT2D eigenvalue weighted by atomic mass is 19.4. The number of likely N-dealkylation sites (tertiary alicyclic amines) is 1. The number of nitrogens with zero attached hydrogens (tertiary/aromatic N) is 4. The van der Waals surface area contributed by atoms with E-state index < -0.39 is 22.4 Å². The number of benzene rings is 2. The number of rotatable bonds is 7. The Morgan fingerprint density at radius 2 is 1.64 bits per heavy atom. The minimum atomic E-state index is -4.86. The van der Waals surface area contributed by atoms with Gasteiger partial charge in [-0.2, -0.15) is 13.2 Å². The number of carbonyl (C=O) groups excluding carboxylic acids is 2. The number of halogens is 3. The van der Waals surface area contributed by atoms with Gasteiger partial charge in [0.05, 0.1) is 12.0 Å². The van der Waals surface area contributed by atoms with Crippen LogP contribution in [0.2, 0.25) is 0 Å². The summed E-state index contributed by atoms with van der Waals surface area (Å²) < 4.78 is 45.0. The summed E-state index contributed by atoms with van der Waals surface area (Å²) in [6, 6.07) is 10.3. The quantitative estimate of drug-likeness (QED) is 0.318. The zero-order valence-corrected chi connectivity index (χ0v) is 21.4. The number of alkyl halides is 3. The Balaban J connectivity index is 1.24. The molecule has 2 aliphatic rings. The zero-order valence-electron chi connectivity index (χ0n) is 21.4. The van der Waals surface area contributed by atoms with Gasteiger partial charge in [0.15, 0.2) is 0 Å². The van der Waals surface area contributed by atoms with Crippen LogP contribution >= 0.6 is 0 Å². The number of ether oxygens (including phenoxy) is 1. The molecule has 39 heavy (non-hydrogen) atoms. The van der Waals surface area contributed by atoms with Gasteiger partial charge in [-0.25, -0.2) is 0 Å². The van der Waals surface area contributed by atoms with Gasteiger partial charge in [-0.3, -0.25) is 19.7 Å². The van der Waals surface area contributed by atoms with Gasteiger partial charge < -0.3 is 24.8 Å². The van der Waals surface area contributed by atoms with E-state index in [0.717, 1.165) is 23.6 Å². The van der Waals surface area contributed by atoms with Crippen LogP contribution in [0.4, 0.5) is 30.2 Å². The lowest BCUT2D eigenvalue weighted by atomic mass is 10.0. The lowest BCUT2D eigenvalue weighted by molar-refractivity contribution is -0.388. The van der Waals surface area contributed by atoms with Crippen LogP contribution in [-0.2, 0) is 15.8 Å². The van der Waals surface area contributed by atoms with Crippen LogP contribution in [0.3, 0.4) is 0 Å². The third kappa shape index (κ3) is 6.89. The summed E-state index contributed by atoms with van der Waals surface area (Å²) in [7, 11) is 1.61. The molecule has 0 radical (unpaired) electrons. The summed E-state index contributed by atoms with van der Waals surface area (Å²) in [5, 5.41) is 13.9. The number of hydrogen-bond donors (Lipinski definition) is 1. The molecule has 2 aliphatic heterocycles. The highest BCUT2D eigenvalue weighted by molar-refractivity contribution is 5.97. The topological polar surface area (TPSA) is 108 Å². The normalized spacial score (nSPS) is 16.7. The van der Waals surface area contributed by atoms with Gasteiger partial charge in [-0.05, 0) is 37.1 Å². The molecule has 2 fully saturated rings. The van der Waals surface area contributed by atoms with Gasteiger partial charge >= 0.3 is 6.18 Å². The minimum Gasteiger partial charge on any atom is -0.497 e. The van der Waals surface area contributed by atoms with Crippen LogP contribution < -0.4 is 15.0 Å². The molecule has 0 aromatic heterocycles. The lowest BCUT2D eigenvalue weighted by Gasteiger charge is -2.37. The number of nitro benzene ring substituents is 1. The summed E-state index contributed by atoms with van der Waals surface area (Å²) in [5.41, 5.74) is -1.17. The third-order valence-electron chi connectivity index (χ3n) is 7.07. The van der Waals surface area contributed by atoms with Crippen LogP contribution in [0, 0.1) is 10.1 Å². The molecule has 210 valence electrons. The molecule has 13 heteroatoms. The molecule has 0 aliphatic carbocycles. The van der Waals surface area contributed by atoms with E-state index in [1.54, 1.807) is 16.9 Å². The second kappa shape index (κ2) is 11.8. The van der Waals surface area contributed by atoms with Crippen molar-refractivity contribution in [3.8, 4) is 5.75 Å². The number of nitrogens with one attached hydrogen (secondary N) is 1. The maximum atomic E-state index is 13.3. The maximum absolute atomic E-state index is 13.3. The first-order valence-corrected chi connectivity index (χ1v) is 12.6. The zero-order chi connectivity index (χ0) is 28.2. The fraction of sp³-hybridized carbons (Fsp3) is 0.462. The predicted molar refractivity (Wildman–Crippen MR) is 138 cm³/mol. The smallest absolute Gasteiger partial charge is 0.423 e. The van der Waals surface area contributed by atoms with Crippen LogP contribution in [0.1, 0.15) is 24.8 Å². The third-order valence-corrected chi connectivity index (χ3v) is 7.07. The maximum Gasteiger partial charge on any atom is 0.423 e. The molecule has 4 rings (SSSR count). The van der Waals surface area contributed by atoms with E-state index in [1.807, 2.05) is 24.3 Å². The van der Waals surface area contributed by atoms with E-state index in [1.165, 1.54) is 6.07 Å². The number of nitro groups is 1. The number of amides is 2. The summed E-state index contributed by atoms with van der Waals surface area (Å²) in [5.74, 6) is 0.258. The Kier molecular flexibility index (Phi) is 8.46. The second-order valence-corrected chi connectivity index (χ2v) is 9.53. The largest absolute Gasteiger partial charge is 0.497 e. The van der Waals surface area contributed by atoms with E-state index in [2.05, 4.69) is 10.2 Å². The van der Waals surface area contributed by atoms with E-state index in [4.69, 9.17) is 4.74 Å². The molecule has 1 N–H and O–H groups in total. The van der Waals surface area contributed by atoms with Crippen molar-refractivity contribution in [2.75, 3.05) is 56.6 Å². The highest BCUT2D eigenvalue weighted by Gasteiger charge is 2.38. The van der Waals surface area contributed by atoms with E-state index >= 15 is 0 Å². The number of methoxy groups -OCH3 is 1. The fourth-order valence-electron chi connectivity index (χ4n) is 4.90. The van der Waals surface area contributed by atoms with Gasteiger partial charge in [0.1, 0.15) is 17.7 Å². The van der Waals surface area contributed by atoms with Crippen molar-refractivity contribution in [1.29, 1.82) is 0 Å². The Hall–Kier alpha value is -4.03. The molecular formula is C26H30F3N5O5. The van der Waals surface area contributed by atoms with Crippen molar-refractivity contribution >= 4 is 28.9 Å². The first kappa shape index (κ1) is 28.0. The van der Waals surface area contributed by atoms with Crippen LogP contribution in [0.15, 0.2) is 42.5 Å². The minimum absolute atomic E-state index is 0.126. The van der Waals surface area contributed by atoms with Crippen molar-refractivity contribution < 1.29 is 32.4 Å². The summed E-state index contributed by atoms with van der Waals surface area (Å²) in [4.78, 5) is 40.9.